The molecule has 0 radical (unpaired) electrons. The maximum absolute atomic E-state index is 13.1. The number of alkyl halides is 3. The van der Waals surface area contributed by atoms with E-state index in [1.54, 1.807) is 0 Å². The molecule has 1 N–H and O–H groups in total. The van der Waals surface area contributed by atoms with Crippen molar-refractivity contribution in [3.63, 3.8) is 0 Å². The second kappa shape index (κ2) is 6.92. The minimum absolute atomic E-state index is 0.271. The van der Waals surface area contributed by atoms with Gasteiger partial charge in [-0.2, -0.15) is 13.2 Å². The summed E-state index contributed by atoms with van der Waals surface area (Å²) in [5.41, 5.74) is -0.683. The second-order valence-corrected chi connectivity index (χ2v) is 5.14. The number of benzene rings is 2. The van der Waals surface area contributed by atoms with Crippen LogP contribution in [0, 0.1) is 0 Å². The molecule has 0 aliphatic heterocycles. The molecular formula is C16H11ClF3NO3. The Bertz CT molecular complexity index is 773. The van der Waals surface area contributed by atoms with Crippen LogP contribution in [0.3, 0.4) is 0 Å². The fourth-order valence-electron chi connectivity index (χ4n) is 1.99. The summed E-state index contributed by atoms with van der Waals surface area (Å²) < 4.78 is 43.9. The monoisotopic (exact) mass is 357 g/mol. The van der Waals surface area contributed by atoms with Crippen molar-refractivity contribution in [2.24, 2.45) is 0 Å². The van der Waals surface area contributed by atoms with Gasteiger partial charge in [-0.05, 0) is 36.4 Å². The fourth-order valence-corrected chi connectivity index (χ4v) is 2.29. The summed E-state index contributed by atoms with van der Waals surface area (Å²) in [6.45, 7) is 0. The Hall–Kier alpha value is -2.54. The first-order valence-electron chi connectivity index (χ1n) is 6.57. The third-order valence-electron chi connectivity index (χ3n) is 3.12. The van der Waals surface area contributed by atoms with Gasteiger partial charge in [0.15, 0.2) is 0 Å². The lowest BCUT2D eigenvalue weighted by molar-refractivity contribution is -0.138. The van der Waals surface area contributed by atoms with E-state index in [1.165, 1.54) is 24.3 Å². The van der Waals surface area contributed by atoms with E-state index in [4.69, 9.17) is 11.6 Å². The standard InChI is InChI=1S/C16H11ClF3NO3/c1-24-14-12(16(18,19)20)6-10(7-13(14)17)15(23)21-11-4-2-9(8-22)3-5-11/h2-8H,1H3,(H,21,23). The molecule has 0 bridgehead atoms. The summed E-state index contributed by atoms with van der Waals surface area (Å²) in [7, 11) is 1.06. The maximum atomic E-state index is 13.1. The Morgan fingerprint density at radius 1 is 1.21 bits per heavy atom. The molecular weight excluding hydrogens is 347 g/mol. The lowest BCUT2D eigenvalue weighted by Crippen LogP contribution is -2.15. The Kier molecular flexibility index (Phi) is 5.14. The fraction of sp³-hybridized carbons (Fsp3) is 0.125. The van der Waals surface area contributed by atoms with E-state index in [0.29, 0.717) is 23.6 Å². The first kappa shape index (κ1) is 17.8. The van der Waals surface area contributed by atoms with Gasteiger partial charge in [0.1, 0.15) is 12.0 Å². The number of aldehydes is 1. The lowest BCUT2D eigenvalue weighted by Gasteiger charge is -2.15. The molecule has 2 aromatic carbocycles. The molecule has 0 fully saturated rings. The van der Waals surface area contributed by atoms with Crippen molar-refractivity contribution < 1.29 is 27.5 Å². The van der Waals surface area contributed by atoms with E-state index in [0.717, 1.165) is 13.2 Å². The molecule has 126 valence electrons. The van der Waals surface area contributed by atoms with Gasteiger partial charge in [0, 0.05) is 16.8 Å². The Balaban J connectivity index is 2.35. The molecule has 0 heterocycles. The van der Waals surface area contributed by atoms with Gasteiger partial charge in [-0.3, -0.25) is 9.59 Å². The number of carbonyl (C=O) groups is 2. The first-order valence-corrected chi connectivity index (χ1v) is 6.95. The van der Waals surface area contributed by atoms with Gasteiger partial charge >= 0.3 is 6.18 Å². The predicted octanol–water partition coefficient (Wildman–Crippen LogP) is 4.43. The minimum Gasteiger partial charge on any atom is -0.495 e. The highest BCUT2D eigenvalue weighted by molar-refractivity contribution is 6.32. The second-order valence-electron chi connectivity index (χ2n) is 4.73. The van der Waals surface area contributed by atoms with E-state index >= 15 is 0 Å². The largest absolute Gasteiger partial charge is 0.495 e. The van der Waals surface area contributed by atoms with Crippen molar-refractivity contribution in [1.29, 1.82) is 0 Å². The topological polar surface area (TPSA) is 55.4 Å². The van der Waals surface area contributed by atoms with E-state index in [-0.39, 0.29) is 10.6 Å². The van der Waals surface area contributed by atoms with Crippen molar-refractivity contribution >= 4 is 29.5 Å². The SMILES string of the molecule is COc1c(Cl)cc(C(=O)Nc2ccc(C=O)cc2)cc1C(F)(F)F. The molecule has 0 aliphatic carbocycles. The Morgan fingerprint density at radius 2 is 1.83 bits per heavy atom. The summed E-state index contributed by atoms with van der Waals surface area (Å²) in [6.07, 6.45) is -4.10. The van der Waals surface area contributed by atoms with Gasteiger partial charge in [0.2, 0.25) is 0 Å². The molecule has 0 aromatic heterocycles. The molecule has 24 heavy (non-hydrogen) atoms. The van der Waals surface area contributed by atoms with Gasteiger partial charge in [-0.15, -0.1) is 0 Å². The van der Waals surface area contributed by atoms with Crippen molar-refractivity contribution in [2.75, 3.05) is 12.4 Å². The maximum Gasteiger partial charge on any atom is 0.420 e. The molecule has 2 rings (SSSR count). The third-order valence-corrected chi connectivity index (χ3v) is 3.40. The van der Waals surface area contributed by atoms with Crippen molar-refractivity contribution in [3.8, 4) is 5.75 Å². The zero-order valence-electron chi connectivity index (χ0n) is 12.3. The molecule has 4 nitrogen and oxygen atoms in total. The van der Waals surface area contributed by atoms with Crippen LogP contribution in [0.5, 0.6) is 5.75 Å². The first-order chi connectivity index (χ1) is 11.3. The number of hydrogen-bond donors (Lipinski definition) is 1. The molecule has 0 saturated heterocycles. The highest BCUT2D eigenvalue weighted by Crippen LogP contribution is 2.41. The van der Waals surface area contributed by atoms with Crippen molar-refractivity contribution in [2.45, 2.75) is 6.18 Å². The summed E-state index contributed by atoms with van der Waals surface area (Å²) >= 11 is 5.78. The minimum atomic E-state index is -4.73. The normalized spacial score (nSPS) is 11.0. The summed E-state index contributed by atoms with van der Waals surface area (Å²) in [6, 6.07) is 7.59. The Morgan fingerprint density at radius 3 is 2.33 bits per heavy atom. The predicted molar refractivity (Wildman–Crippen MR) is 82.8 cm³/mol. The van der Waals surface area contributed by atoms with Crippen LogP contribution in [0.2, 0.25) is 5.02 Å². The molecule has 0 saturated carbocycles. The summed E-state index contributed by atoms with van der Waals surface area (Å²) in [5, 5.41) is 2.11. The molecule has 0 aliphatic rings. The molecule has 0 atom stereocenters. The van der Waals surface area contributed by atoms with Crippen LogP contribution in [0.25, 0.3) is 0 Å². The van der Waals surface area contributed by atoms with E-state index in [9.17, 15) is 22.8 Å². The number of rotatable bonds is 4. The zero-order chi connectivity index (χ0) is 17.9. The molecule has 2 aromatic rings. The quantitative estimate of drug-likeness (QED) is 0.823. The number of hydrogen-bond acceptors (Lipinski definition) is 3. The number of amides is 1. The van der Waals surface area contributed by atoms with Crippen LogP contribution in [-0.2, 0) is 6.18 Å². The van der Waals surface area contributed by atoms with Gasteiger partial charge in [0.05, 0.1) is 17.7 Å². The number of carbonyl (C=O) groups excluding carboxylic acids is 2. The average molecular weight is 358 g/mol. The number of methoxy groups -OCH3 is 1. The third kappa shape index (κ3) is 3.86. The highest BCUT2D eigenvalue weighted by Gasteiger charge is 2.36. The molecule has 1 amide bonds. The molecule has 0 spiro atoms. The number of nitrogens with one attached hydrogen (secondary N) is 1. The van der Waals surface area contributed by atoms with E-state index in [1.807, 2.05) is 0 Å². The summed E-state index contributed by atoms with van der Waals surface area (Å²) in [5.74, 6) is -1.32. The van der Waals surface area contributed by atoms with Crippen LogP contribution in [-0.4, -0.2) is 19.3 Å². The van der Waals surface area contributed by atoms with Crippen LogP contribution >= 0.6 is 11.6 Å². The highest BCUT2D eigenvalue weighted by atomic mass is 35.5. The van der Waals surface area contributed by atoms with E-state index in [2.05, 4.69) is 10.1 Å². The van der Waals surface area contributed by atoms with Crippen molar-refractivity contribution in [1.82, 2.24) is 0 Å². The van der Waals surface area contributed by atoms with Gasteiger partial charge in [-0.25, -0.2) is 0 Å². The van der Waals surface area contributed by atoms with Crippen LogP contribution in [0.1, 0.15) is 26.3 Å². The van der Waals surface area contributed by atoms with Gasteiger partial charge in [-0.1, -0.05) is 11.6 Å². The Labute approximate surface area is 140 Å². The number of anilines is 1. The van der Waals surface area contributed by atoms with Crippen LogP contribution < -0.4 is 10.1 Å². The smallest absolute Gasteiger partial charge is 0.420 e. The lowest BCUT2D eigenvalue weighted by atomic mass is 10.1. The molecule has 0 unspecified atom stereocenters. The van der Waals surface area contributed by atoms with Crippen LogP contribution in [0.15, 0.2) is 36.4 Å². The average Bonchev–Trinajstić information content (AvgIpc) is 2.53. The van der Waals surface area contributed by atoms with Crippen molar-refractivity contribution in [3.05, 3.63) is 58.1 Å². The number of halogens is 4. The van der Waals surface area contributed by atoms with Gasteiger partial charge in [0.25, 0.3) is 5.91 Å². The van der Waals surface area contributed by atoms with Gasteiger partial charge < -0.3 is 10.1 Å². The molecule has 8 heteroatoms. The van der Waals surface area contributed by atoms with Crippen LogP contribution in [0.4, 0.5) is 18.9 Å². The number of ether oxygens (including phenoxy) is 1. The summed E-state index contributed by atoms with van der Waals surface area (Å²) in [4.78, 5) is 22.7. The zero-order valence-corrected chi connectivity index (χ0v) is 13.0. The van der Waals surface area contributed by atoms with E-state index < -0.39 is 23.4 Å².